The molecule has 1 aliphatic rings. The van der Waals surface area contributed by atoms with Crippen LogP contribution in [0.4, 0.5) is 19.0 Å². The van der Waals surface area contributed by atoms with Crippen molar-refractivity contribution >= 4 is 23.2 Å². The number of thioether (sulfide) groups is 1. The molecule has 0 aliphatic carbocycles. The zero-order chi connectivity index (χ0) is 14.2. The van der Waals surface area contributed by atoms with E-state index >= 15 is 0 Å². The second kappa shape index (κ2) is 5.12. The van der Waals surface area contributed by atoms with Crippen molar-refractivity contribution in [2.45, 2.75) is 12.6 Å². The number of anilines is 1. The van der Waals surface area contributed by atoms with Crippen molar-refractivity contribution in [2.75, 3.05) is 23.4 Å². The lowest BCUT2D eigenvalue weighted by molar-refractivity contribution is -0.146. The molecule has 0 amide bonds. The van der Waals surface area contributed by atoms with Crippen LogP contribution in [0.3, 0.4) is 0 Å². The molecule has 3 heterocycles. The number of nitrogens with one attached hydrogen (secondary N) is 1. The molecule has 1 aliphatic heterocycles. The summed E-state index contributed by atoms with van der Waals surface area (Å²) in [4.78, 5) is 0. The second-order valence-electron chi connectivity index (χ2n) is 4.62. The number of nitrogens with zero attached hydrogens (tertiary/aromatic N) is 4. The molecule has 108 valence electrons. The van der Waals surface area contributed by atoms with Gasteiger partial charge < -0.3 is 5.32 Å². The molecule has 1 atom stereocenters. The predicted molar refractivity (Wildman–Crippen MR) is 69.7 cm³/mol. The summed E-state index contributed by atoms with van der Waals surface area (Å²) in [6.07, 6.45) is -3.44. The highest BCUT2D eigenvalue weighted by atomic mass is 32.2. The lowest BCUT2D eigenvalue weighted by Crippen LogP contribution is -2.16. The van der Waals surface area contributed by atoms with Gasteiger partial charge in [-0.3, -0.25) is 0 Å². The van der Waals surface area contributed by atoms with Gasteiger partial charge in [0.15, 0.2) is 5.65 Å². The first-order valence-corrected chi connectivity index (χ1v) is 7.31. The number of halogens is 3. The number of hydrogen-bond donors (Lipinski definition) is 1. The lowest BCUT2D eigenvalue weighted by Gasteiger charge is -2.10. The number of alkyl halides is 3. The fourth-order valence-electron chi connectivity index (χ4n) is 2.05. The average Bonchev–Trinajstić information content (AvgIpc) is 3.04. The van der Waals surface area contributed by atoms with Crippen molar-refractivity contribution in [1.82, 2.24) is 19.8 Å². The van der Waals surface area contributed by atoms with Crippen molar-refractivity contribution in [3.05, 3.63) is 18.0 Å². The van der Waals surface area contributed by atoms with E-state index in [2.05, 4.69) is 20.6 Å². The third kappa shape index (κ3) is 2.67. The average molecular weight is 303 g/mol. The van der Waals surface area contributed by atoms with Crippen LogP contribution in [0.2, 0.25) is 0 Å². The zero-order valence-corrected chi connectivity index (χ0v) is 11.2. The van der Waals surface area contributed by atoms with Crippen LogP contribution in [0, 0.1) is 5.92 Å². The first-order chi connectivity index (χ1) is 9.54. The van der Waals surface area contributed by atoms with E-state index in [1.807, 2.05) is 11.8 Å². The molecule has 0 bridgehead atoms. The van der Waals surface area contributed by atoms with Crippen LogP contribution in [-0.2, 0) is 6.18 Å². The summed E-state index contributed by atoms with van der Waals surface area (Å²) in [6, 6.07) is 3.09. The molecule has 1 N–H and O–H groups in total. The van der Waals surface area contributed by atoms with E-state index in [0.717, 1.165) is 29.0 Å². The maximum absolute atomic E-state index is 12.7. The third-order valence-corrected chi connectivity index (χ3v) is 4.34. The minimum absolute atomic E-state index is 0.0827. The van der Waals surface area contributed by atoms with Crippen LogP contribution in [-0.4, -0.2) is 37.9 Å². The molecular weight excluding hydrogens is 291 g/mol. The molecular formula is C11H12F3N5S. The summed E-state index contributed by atoms with van der Waals surface area (Å²) in [5.74, 6) is 2.06. The molecule has 1 saturated heterocycles. The Morgan fingerprint density at radius 2 is 2.20 bits per heavy atom. The topological polar surface area (TPSA) is 55.1 Å². The van der Waals surface area contributed by atoms with Gasteiger partial charge in [-0.05, 0) is 36.0 Å². The maximum atomic E-state index is 12.7. The predicted octanol–water partition coefficient (Wildman–Crippen LogP) is 2.31. The van der Waals surface area contributed by atoms with Crippen molar-refractivity contribution in [3.63, 3.8) is 0 Å². The zero-order valence-electron chi connectivity index (χ0n) is 10.4. The van der Waals surface area contributed by atoms with Crippen LogP contribution in [0.25, 0.3) is 5.65 Å². The Bertz CT molecular complexity index is 606. The SMILES string of the molecule is FC(F)(F)c1nnc2ccc(NCC3CCSC3)nn12. The van der Waals surface area contributed by atoms with Crippen LogP contribution in [0.5, 0.6) is 0 Å². The van der Waals surface area contributed by atoms with Gasteiger partial charge in [-0.1, -0.05) is 0 Å². The third-order valence-electron chi connectivity index (χ3n) is 3.11. The van der Waals surface area contributed by atoms with Crippen LogP contribution < -0.4 is 5.32 Å². The largest absolute Gasteiger partial charge is 0.453 e. The smallest absolute Gasteiger partial charge is 0.368 e. The van der Waals surface area contributed by atoms with Gasteiger partial charge >= 0.3 is 6.18 Å². The van der Waals surface area contributed by atoms with Gasteiger partial charge in [0.25, 0.3) is 5.82 Å². The van der Waals surface area contributed by atoms with Crippen molar-refractivity contribution in [3.8, 4) is 0 Å². The fraction of sp³-hybridized carbons (Fsp3) is 0.545. The number of rotatable bonds is 3. The summed E-state index contributed by atoms with van der Waals surface area (Å²) in [5, 5.41) is 13.6. The van der Waals surface area contributed by atoms with Gasteiger partial charge in [-0.15, -0.1) is 15.3 Å². The Balaban J connectivity index is 1.81. The molecule has 2 aromatic heterocycles. The molecule has 9 heteroatoms. The quantitative estimate of drug-likeness (QED) is 0.943. The fourth-order valence-corrected chi connectivity index (χ4v) is 3.34. The van der Waals surface area contributed by atoms with Crippen molar-refractivity contribution in [1.29, 1.82) is 0 Å². The molecule has 5 nitrogen and oxygen atoms in total. The highest BCUT2D eigenvalue weighted by molar-refractivity contribution is 7.99. The van der Waals surface area contributed by atoms with E-state index in [0.29, 0.717) is 11.7 Å². The van der Waals surface area contributed by atoms with E-state index in [-0.39, 0.29) is 5.65 Å². The first-order valence-electron chi connectivity index (χ1n) is 6.15. The van der Waals surface area contributed by atoms with Gasteiger partial charge in [0.1, 0.15) is 5.82 Å². The van der Waals surface area contributed by atoms with Gasteiger partial charge in [-0.2, -0.15) is 29.4 Å². The first kappa shape index (κ1) is 13.5. The van der Waals surface area contributed by atoms with Crippen molar-refractivity contribution < 1.29 is 13.2 Å². The van der Waals surface area contributed by atoms with E-state index in [1.165, 1.54) is 6.07 Å². The number of fused-ring (bicyclic) bond motifs is 1. The van der Waals surface area contributed by atoms with Gasteiger partial charge in [0.05, 0.1) is 0 Å². The molecule has 2 aromatic rings. The Kier molecular flexibility index (Phi) is 3.45. The maximum Gasteiger partial charge on any atom is 0.453 e. The molecule has 0 saturated carbocycles. The highest BCUT2D eigenvalue weighted by Gasteiger charge is 2.37. The van der Waals surface area contributed by atoms with Gasteiger partial charge in [0, 0.05) is 6.54 Å². The van der Waals surface area contributed by atoms with E-state index in [9.17, 15) is 13.2 Å². The monoisotopic (exact) mass is 303 g/mol. The Morgan fingerprint density at radius 3 is 2.90 bits per heavy atom. The normalized spacial score (nSPS) is 19.6. The Hall–Kier alpha value is -1.51. The number of aromatic nitrogens is 4. The van der Waals surface area contributed by atoms with E-state index < -0.39 is 12.0 Å². The minimum Gasteiger partial charge on any atom is -0.368 e. The van der Waals surface area contributed by atoms with Crippen LogP contribution >= 0.6 is 11.8 Å². The molecule has 0 spiro atoms. The molecule has 0 radical (unpaired) electrons. The van der Waals surface area contributed by atoms with Crippen LogP contribution in [0.15, 0.2) is 12.1 Å². The van der Waals surface area contributed by atoms with Gasteiger partial charge in [0.2, 0.25) is 0 Å². The molecule has 1 fully saturated rings. The molecule has 3 rings (SSSR count). The minimum atomic E-state index is -4.56. The second-order valence-corrected chi connectivity index (χ2v) is 5.77. The van der Waals surface area contributed by atoms with E-state index in [1.54, 1.807) is 6.07 Å². The Morgan fingerprint density at radius 1 is 1.35 bits per heavy atom. The summed E-state index contributed by atoms with van der Waals surface area (Å²) in [6.45, 7) is 0.717. The summed E-state index contributed by atoms with van der Waals surface area (Å²) in [5.41, 5.74) is 0.0827. The van der Waals surface area contributed by atoms with E-state index in [4.69, 9.17) is 0 Å². The number of hydrogen-bond acceptors (Lipinski definition) is 5. The lowest BCUT2D eigenvalue weighted by atomic mass is 10.1. The molecule has 20 heavy (non-hydrogen) atoms. The standard InChI is InChI=1S/C11H12F3N5S/c12-11(13,14)10-17-16-9-2-1-8(18-19(9)10)15-5-7-3-4-20-6-7/h1-2,7H,3-6H2,(H,15,18). The highest BCUT2D eigenvalue weighted by Crippen LogP contribution is 2.28. The van der Waals surface area contributed by atoms with Crippen molar-refractivity contribution in [2.24, 2.45) is 5.92 Å². The van der Waals surface area contributed by atoms with Gasteiger partial charge in [-0.25, -0.2) is 0 Å². The summed E-state index contributed by atoms with van der Waals surface area (Å²) >= 11 is 1.89. The summed E-state index contributed by atoms with van der Waals surface area (Å²) < 4.78 is 38.9. The summed E-state index contributed by atoms with van der Waals surface area (Å²) in [7, 11) is 0. The van der Waals surface area contributed by atoms with Crippen LogP contribution in [0.1, 0.15) is 12.2 Å². The molecule has 0 aromatic carbocycles. The molecule has 1 unspecified atom stereocenters. The Labute approximate surface area is 116 Å².